The largest absolute Gasteiger partial charge is 0.496 e. The van der Waals surface area contributed by atoms with Crippen molar-refractivity contribution < 1.29 is 9.53 Å². The molecule has 0 spiro atoms. The van der Waals surface area contributed by atoms with Crippen LogP contribution in [0.15, 0.2) is 18.2 Å². The van der Waals surface area contributed by atoms with Crippen LogP contribution >= 0.6 is 0 Å². The van der Waals surface area contributed by atoms with Crippen molar-refractivity contribution in [2.24, 2.45) is 5.73 Å². The van der Waals surface area contributed by atoms with Gasteiger partial charge in [0.15, 0.2) is 0 Å². The number of benzene rings is 1. The predicted molar refractivity (Wildman–Crippen MR) is 60.3 cm³/mol. The molecule has 1 amide bonds. The summed E-state index contributed by atoms with van der Waals surface area (Å²) in [6, 6.07) is 5.58. The second-order valence-electron chi connectivity index (χ2n) is 3.58. The molecule has 0 aliphatic carbocycles. The highest BCUT2D eigenvalue weighted by atomic mass is 16.5. The standard InChI is InChI=1S/C11H16N2O2/c1-7(2)13-8-4-5-10(15-3)9(6-8)11(12)14/h4-7,13H,1-3H3,(H2,12,14). The molecule has 4 heteroatoms. The van der Waals surface area contributed by atoms with Crippen LogP contribution in [0, 0.1) is 0 Å². The highest BCUT2D eigenvalue weighted by Crippen LogP contribution is 2.22. The van der Waals surface area contributed by atoms with Crippen molar-refractivity contribution in [1.29, 1.82) is 0 Å². The molecule has 0 heterocycles. The third-order valence-corrected chi connectivity index (χ3v) is 1.92. The van der Waals surface area contributed by atoms with Crippen LogP contribution in [0.3, 0.4) is 0 Å². The number of primary amides is 1. The molecule has 0 radical (unpaired) electrons. The summed E-state index contributed by atoms with van der Waals surface area (Å²) < 4.78 is 5.04. The van der Waals surface area contributed by atoms with Gasteiger partial charge in [0.1, 0.15) is 5.75 Å². The number of anilines is 1. The van der Waals surface area contributed by atoms with E-state index in [4.69, 9.17) is 10.5 Å². The van der Waals surface area contributed by atoms with Crippen LogP contribution in [0.5, 0.6) is 5.75 Å². The zero-order valence-electron chi connectivity index (χ0n) is 9.20. The van der Waals surface area contributed by atoms with Crippen molar-refractivity contribution in [3.63, 3.8) is 0 Å². The first-order valence-corrected chi connectivity index (χ1v) is 4.79. The van der Waals surface area contributed by atoms with Gasteiger partial charge in [-0.05, 0) is 32.0 Å². The highest BCUT2D eigenvalue weighted by Gasteiger charge is 2.09. The van der Waals surface area contributed by atoms with Crippen LogP contribution in [-0.4, -0.2) is 19.1 Å². The van der Waals surface area contributed by atoms with E-state index in [1.807, 2.05) is 19.9 Å². The maximum atomic E-state index is 11.1. The zero-order valence-corrected chi connectivity index (χ0v) is 9.20. The Labute approximate surface area is 89.4 Å². The lowest BCUT2D eigenvalue weighted by atomic mass is 10.1. The number of carbonyl (C=O) groups excluding carboxylic acids is 1. The molecule has 1 aromatic carbocycles. The number of nitrogens with one attached hydrogen (secondary N) is 1. The molecular weight excluding hydrogens is 192 g/mol. The number of nitrogens with two attached hydrogens (primary N) is 1. The smallest absolute Gasteiger partial charge is 0.252 e. The molecule has 0 saturated carbocycles. The molecule has 4 nitrogen and oxygen atoms in total. The normalized spacial score (nSPS) is 10.1. The molecule has 82 valence electrons. The second kappa shape index (κ2) is 4.68. The number of hydrogen-bond acceptors (Lipinski definition) is 3. The van der Waals surface area contributed by atoms with Crippen molar-refractivity contribution in [2.75, 3.05) is 12.4 Å². The quantitative estimate of drug-likeness (QED) is 0.790. The number of methoxy groups -OCH3 is 1. The average molecular weight is 208 g/mol. The third kappa shape index (κ3) is 2.87. The van der Waals surface area contributed by atoms with Gasteiger partial charge in [-0.25, -0.2) is 0 Å². The number of rotatable bonds is 4. The van der Waals surface area contributed by atoms with E-state index in [-0.39, 0.29) is 0 Å². The molecule has 0 atom stereocenters. The van der Waals surface area contributed by atoms with Gasteiger partial charge in [0.25, 0.3) is 5.91 Å². The number of amides is 1. The van der Waals surface area contributed by atoms with Crippen molar-refractivity contribution in [3.05, 3.63) is 23.8 Å². The minimum absolute atomic E-state index is 0.305. The van der Waals surface area contributed by atoms with E-state index in [9.17, 15) is 4.79 Å². The first-order chi connectivity index (χ1) is 7.04. The minimum atomic E-state index is -0.487. The molecule has 0 aromatic heterocycles. The van der Waals surface area contributed by atoms with Gasteiger partial charge in [-0.3, -0.25) is 4.79 Å². The van der Waals surface area contributed by atoms with Crippen molar-refractivity contribution >= 4 is 11.6 Å². The number of hydrogen-bond donors (Lipinski definition) is 2. The van der Waals surface area contributed by atoms with E-state index in [1.54, 1.807) is 12.1 Å². The summed E-state index contributed by atoms with van der Waals surface area (Å²) in [6.07, 6.45) is 0. The molecule has 0 aliphatic rings. The van der Waals surface area contributed by atoms with Gasteiger partial charge in [-0.1, -0.05) is 0 Å². The first kappa shape index (κ1) is 11.4. The fourth-order valence-electron chi connectivity index (χ4n) is 1.32. The Hall–Kier alpha value is -1.71. The summed E-state index contributed by atoms with van der Waals surface area (Å²) in [6.45, 7) is 4.04. The fraction of sp³-hybridized carbons (Fsp3) is 0.364. The monoisotopic (exact) mass is 208 g/mol. The third-order valence-electron chi connectivity index (χ3n) is 1.92. The van der Waals surface area contributed by atoms with Gasteiger partial charge in [-0.15, -0.1) is 0 Å². The first-order valence-electron chi connectivity index (χ1n) is 4.79. The maximum absolute atomic E-state index is 11.1. The molecular formula is C11H16N2O2. The topological polar surface area (TPSA) is 64.3 Å². The summed E-state index contributed by atoms with van der Waals surface area (Å²) in [5.41, 5.74) is 6.50. The molecule has 3 N–H and O–H groups in total. The molecule has 0 bridgehead atoms. The molecule has 1 aromatic rings. The summed E-state index contributed by atoms with van der Waals surface area (Å²) in [7, 11) is 1.51. The van der Waals surface area contributed by atoms with Crippen molar-refractivity contribution in [2.45, 2.75) is 19.9 Å². The van der Waals surface area contributed by atoms with E-state index in [2.05, 4.69) is 5.32 Å². The summed E-state index contributed by atoms with van der Waals surface area (Å²) in [4.78, 5) is 11.1. The van der Waals surface area contributed by atoms with Gasteiger partial charge in [-0.2, -0.15) is 0 Å². The van der Waals surface area contributed by atoms with E-state index in [0.717, 1.165) is 5.69 Å². The van der Waals surface area contributed by atoms with Crippen LogP contribution in [0.4, 0.5) is 5.69 Å². The Morgan fingerprint density at radius 1 is 1.47 bits per heavy atom. The van der Waals surface area contributed by atoms with E-state index >= 15 is 0 Å². The van der Waals surface area contributed by atoms with Gasteiger partial charge in [0, 0.05) is 11.7 Å². The Bertz CT molecular complexity index is 362. The number of ether oxygens (including phenoxy) is 1. The van der Waals surface area contributed by atoms with Crippen LogP contribution in [0.1, 0.15) is 24.2 Å². The molecule has 0 saturated heterocycles. The van der Waals surface area contributed by atoms with Crippen LogP contribution in [-0.2, 0) is 0 Å². The predicted octanol–water partition coefficient (Wildman–Crippen LogP) is 1.61. The van der Waals surface area contributed by atoms with Crippen molar-refractivity contribution in [3.8, 4) is 5.75 Å². The van der Waals surface area contributed by atoms with Gasteiger partial charge in [0.2, 0.25) is 0 Å². The van der Waals surface area contributed by atoms with Gasteiger partial charge in [0.05, 0.1) is 12.7 Å². The maximum Gasteiger partial charge on any atom is 0.252 e. The zero-order chi connectivity index (χ0) is 11.4. The van der Waals surface area contributed by atoms with Gasteiger partial charge < -0.3 is 15.8 Å². The minimum Gasteiger partial charge on any atom is -0.496 e. The molecule has 0 unspecified atom stereocenters. The van der Waals surface area contributed by atoms with Crippen LogP contribution < -0.4 is 15.8 Å². The van der Waals surface area contributed by atoms with Crippen LogP contribution in [0.2, 0.25) is 0 Å². The molecule has 0 fully saturated rings. The lowest BCUT2D eigenvalue weighted by molar-refractivity contribution is 0.0997. The molecule has 0 aliphatic heterocycles. The van der Waals surface area contributed by atoms with E-state index < -0.39 is 5.91 Å². The summed E-state index contributed by atoms with van der Waals surface area (Å²) in [5, 5.41) is 3.19. The number of carbonyl (C=O) groups is 1. The lowest BCUT2D eigenvalue weighted by Crippen LogP contribution is -2.14. The SMILES string of the molecule is COc1ccc(NC(C)C)cc1C(N)=O. The molecule has 1 rings (SSSR count). The molecule has 15 heavy (non-hydrogen) atoms. The van der Waals surface area contributed by atoms with Gasteiger partial charge >= 0.3 is 0 Å². The van der Waals surface area contributed by atoms with E-state index in [0.29, 0.717) is 17.4 Å². The van der Waals surface area contributed by atoms with Crippen LogP contribution in [0.25, 0.3) is 0 Å². The van der Waals surface area contributed by atoms with E-state index in [1.165, 1.54) is 7.11 Å². The summed E-state index contributed by atoms with van der Waals surface area (Å²) in [5.74, 6) is 0.0102. The Kier molecular flexibility index (Phi) is 3.55. The Morgan fingerprint density at radius 2 is 2.13 bits per heavy atom. The average Bonchev–Trinajstić information content (AvgIpc) is 2.16. The lowest BCUT2D eigenvalue weighted by Gasteiger charge is -2.12. The highest BCUT2D eigenvalue weighted by molar-refractivity contribution is 5.96. The summed E-state index contributed by atoms with van der Waals surface area (Å²) >= 11 is 0. The Balaban J connectivity index is 3.05. The second-order valence-corrected chi connectivity index (χ2v) is 3.58. The van der Waals surface area contributed by atoms with Crippen molar-refractivity contribution in [1.82, 2.24) is 0 Å². The fourth-order valence-corrected chi connectivity index (χ4v) is 1.32. The Morgan fingerprint density at radius 3 is 2.60 bits per heavy atom.